The largest absolute Gasteiger partial charge is 0.380 e. The summed E-state index contributed by atoms with van der Waals surface area (Å²) in [5.74, 6) is 0. The molecule has 18 heavy (non-hydrogen) atoms. The Morgan fingerprint density at radius 1 is 1.22 bits per heavy atom. The van der Waals surface area contributed by atoms with Crippen LogP contribution in [0.25, 0.3) is 0 Å². The van der Waals surface area contributed by atoms with Gasteiger partial charge in [-0.2, -0.15) is 5.10 Å². The fourth-order valence-corrected chi connectivity index (χ4v) is 2.11. The molecule has 1 N–H and O–H groups in total. The minimum atomic E-state index is -0.659. The van der Waals surface area contributed by atoms with E-state index in [0.29, 0.717) is 0 Å². The third-order valence-corrected chi connectivity index (χ3v) is 2.95. The van der Waals surface area contributed by atoms with Crippen LogP contribution in [0.3, 0.4) is 0 Å². The smallest absolute Gasteiger partial charge is 0.137 e. The minimum absolute atomic E-state index is 0.659. The van der Waals surface area contributed by atoms with Gasteiger partial charge in [-0.3, -0.25) is 4.68 Å². The van der Waals surface area contributed by atoms with Gasteiger partial charge in [-0.05, 0) is 18.9 Å². The summed E-state index contributed by atoms with van der Waals surface area (Å²) < 4.78 is 3.85. The van der Waals surface area contributed by atoms with Crippen molar-refractivity contribution in [1.29, 1.82) is 0 Å². The number of aromatic nitrogens is 4. The number of aryl methyl sites for hydroxylation is 2. The van der Waals surface area contributed by atoms with Gasteiger partial charge < -0.3 is 9.67 Å². The van der Waals surface area contributed by atoms with Crippen molar-refractivity contribution in [2.45, 2.75) is 45.9 Å². The second-order valence-electron chi connectivity index (χ2n) is 4.39. The molecule has 0 amide bonds. The molecule has 0 saturated heterocycles. The lowest BCUT2D eigenvalue weighted by Gasteiger charge is -2.15. The van der Waals surface area contributed by atoms with Crippen molar-refractivity contribution in [2.75, 3.05) is 0 Å². The molecule has 0 bridgehead atoms. The molecule has 0 spiro atoms. The van der Waals surface area contributed by atoms with Crippen LogP contribution < -0.4 is 0 Å². The zero-order valence-electron chi connectivity index (χ0n) is 11.0. The van der Waals surface area contributed by atoms with E-state index < -0.39 is 6.10 Å². The summed E-state index contributed by atoms with van der Waals surface area (Å²) in [6.45, 7) is 5.90. The van der Waals surface area contributed by atoms with Gasteiger partial charge in [-0.15, -0.1) is 0 Å². The predicted octanol–water partition coefficient (Wildman–Crippen LogP) is 1.98. The Morgan fingerprint density at radius 3 is 2.72 bits per heavy atom. The summed E-state index contributed by atoms with van der Waals surface area (Å²) in [7, 11) is 0. The zero-order valence-corrected chi connectivity index (χ0v) is 11.0. The standard InChI is InChI=1S/C13H20N4O/c1-3-7-16-10-14-9-12(16)13(18)11-5-6-15-17(11)8-4-2/h5-6,9-10,13,18H,3-4,7-8H2,1-2H3. The average Bonchev–Trinajstić information content (AvgIpc) is 2.98. The molecule has 2 rings (SSSR count). The normalized spacial score (nSPS) is 12.8. The van der Waals surface area contributed by atoms with E-state index in [1.54, 1.807) is 18.7 Å². The molecule has 1 atom stereocenters. The van der Waals surface area contributed by atoms with Crippen molar-refractivity contribution in [3.63, 3.8) is 0 Å². The third-order valence-electron chi connectivity index (χ3n) is 2.95. The van der Waals surface area contributed by atoms with Crippen LogP contribution >= 0.6 is 0 Å². The second-order valence-corrected chi connectivity index (χ2v) is 4.39. The van der Waals surface area contributed by atoms with E-state index in [0.717, 1.165) is 37.3 Å². The van der Waals surface area contributed by atoms with E-state index in [9.17, 15) is 5.11 Å². The summed E-state index contributed by atoms with van der Waals surface area (Å²) in [5, 5.41) is 14.7. The van der Waals surface area contributed by atoms with Gasteiger partial charge >= 0.3 is 0 Å². The summed E-state index contributed by atoms with van der Waals surface area (Å²) in [4.78, 5) is 4.12. The first-order chi connectivity index (χ1) is 8.77. The molecule has 2 heterocycles. The van der Waals surface area contributed by atoms with E-state index in [2.05, 4.69) is 23.9 Å². The van der Waals surface area contributed by atoms with Gasteiger partial charge in [-0.25, -0.2) is 4.98 Å². The Labute approximate surface area is 107 Å². The molecular weight excluding hydrogens is 228 g/mol. The minimum Gasteiger partial charge on any atom is -0.380 e. The SMILES string of the molecule is CCCn1cncc1C(O)c1ccnn1CCC. The molecule has 0 radical (unpaired) electrons. The van der Waals surface area contributed by atoms with Crippen LogP contribution in [-0.4, -0.2) is 24.4 Å². The second kappa shape index (κ2) is 5.82. The number of rotatable bonds is 6. The van der Waals surface area contributed by atoms with Crippen LogP contribution in [0.2, 0.25) is 0 Å². The topological polar surface area (TPSA) is 55.9 Å². The van der Waals surface area contributed by atoms with Gasteiger partial charge in [0.05, 0.1) is 23.9 Å². The van der Waals surface area contributed by atoms with Gasteiger partial charge in [0.1, 0.15) is 6.10 Å². The predicted molar refractivity (Wildman–Crippen MR) is 69.1 cm³/mol. The molecule has 0 saturated carbocycles. The average molecular weight is 248 g/mol. The molecule has 0 aromatic carbocycles. The van der Waals surface area contributed by atoms with E-state index in [1.807, 2.05) is 15.3 Å². The first-order valence-electron chi connectivity index (χ1n) is 6.47. The Kier molecular flexibility index (Phi) is 4.15. The van der Waals surface area contributed by atoms with Crippen LogP contribution in [-0.2, 0) is 13.1 Å². The molecule has 0 aliphatic rings. The summed E-state index contributed by atoms with van der Waals surface area (Å²) in [6.07, 6.45) is 6.58. The molecule has 2 aromatic heterocycles. The molecule has 1 unspecified atom stereocenters. The van der Waals surface area contributed by atoms with E-state index in [4.69, 9.17) is 0 Å². The van der Waals surface area contributed by atoms with Gasteiger partial charge in [-0.1, -0.05) is 13.8 Å². The molecule has 0 fully saturated rings. The lowest BCUT2D eigenvalue weighted by molar-refractivity contribution is 0.197. The van der Waals surface area contributed by atoms with Gasteiger partial charge in [0, 0.05) is 19.3 Å². The maximum atomic E-state index is 10.5. The van der Waals surface area contributed by atoms with Crippen molar-refractivity contribution in [3.8, 4) is 0 Å². The zero-order chi connectivity index (χ0) is 13.0. The van der Waals surface area contributed by atoms with Crippen LogP contribution in [0.15, 0.2) is 24.8 Å². The molecule has 5 nitrogen and oxygen atoms in total. The van der Waals surface area contributed by atoms with E-state index >= 15 is 0 Å². The molecular formula is C13H20N4O. The Hall–Kier alpha value is -1.62. The van der Waals surface area contributed by atoms with E-state index in [1.165, 1.54) is 0 Å². The summed E-state index contributed by atoms with van der Waals surface area (Å²) in [5.41, 5.74) is 1.66. The van der Waals surface area contributed by atoms with Crippen LogP contribution in [0.1, 0.15) is 44.2 Å². The number of aliphatic hydroxyl groups excluding tert-OH is 1. The molecule has 2 aromatic rings. The number of imidazole rings is 1. The number of aliphatic hydroxyl groups is 1. The van der Waals surface area contributed by atoms with Crippen molar-refractivity contribution in [1.82, 2.24) is 19.3 Å². The maximum absolute atomic E-state index is 10.5. The number of hydrogen-bond acceptors (Lipinski definition) is 3. The third kappa shape index (κ3) is 2.46. The highest BCUT2D eigenvalue weighted by Gasteiger charge is 2.18. The van der Waals surface area contributed by atoms with Gasteiger partial charge in [0.2, 0.25) is 0 Å². The first-order valence-corrected chi connectivity index (χ1v) is 6.47. The monoisotopic (exact) mass is 248 g/mol. The first kappa shape index (κ1) is 12.8. The fourth-order valence-electron chi connectivity index (χ4n) is 2.11. The highest BCUT2D eigenvalue weighted by molar-refractivity contribution is 5.17. The van der Waals surface area contributed by atoms with Gasteiger partial charge in [0.15, 0.2) is 0 Å². The quantitative estimate of drug-likeness (QED) is 0.850. The number of nitrogens with zero attached hydrogens (tertiary/aromatic N) is 4. The van der Waals surface area contributed by atoms with Crippen molar-refractivity contribution in [2.24, 2.45) is 0 Å². The molecule has 0 aliphatic heterocycles. The number of hydrogen-bond donors (Lipinski definition) is 1. The van der Waals surface area contributed by atoms with Crippen LogP contribution in [0.4, 0.5) is 0 Å². The van der Waals surface area contributed by atoms with Crippen LogP contribution in [0.5, 0.6) is 0 Å². The molecule has 98 valence electrons. The maximum Gasteiger partial charge on any atom is 0.137 e. The summed E-state index contributed by atoms with van der Waals surface area (Å²) >= 11 is 0. The van der Waals surface area contributed by atoms with E-state index in [-0.39, 0.29) is 0 Å². The Balaban J connectivity index is 2.26. The van der Waals surface area contributed by atoms with Crippen molar-refractivity contribution in [3.05, 3.63) is 36.2 Å². The van der Waals surface area contributed by atoms with Gasteiger partial charge in [0.25, 0.3) is 0 Å². The summed E-state index contributed by atoms with van der Waals surface area (Å²) in [6, 6.07) is 1.86. The Morgan fingerprint density at radius 2 is 2.00 bits per heavy atom. The highest BCUT2D eigenvalue weighted by atomic mass is 16.3. The van der Waals surface area contributed by atoms with Crippen molar-refractivity contribution >= 4 is 0 Å². The Bertz CT molecular complexity index is 444. The highest BCUT2D eigenvalue weighted by Crippen LogP contribution is 2.21. The van der Waals surface area contributed by atoms with Crippen molar-refractivity contribution < 1.29 is 5.11 Å². The fraction of sp³-hybridized carbons (Fsp3) is 0.538. The van der Waals surface area contributed by atoms with Crippen LogP contribution in [0, 0.1) is 0 Å². The molecule has 5 heteroatoms. The molecule has 0 aliphatic carbocycles. The lowest BCUT2D eigenvalue weighted by Crippen LogP contribution is -2.13. The lowest BCUT2D eigenvalue weighted by atomic mass is 10.2.